The van der Waals surface area contributed by atoms with E-state index in [0.29, 0.717) is 0 Å². The third-order valence-electron chi connectivity index (χ3n) is 2.91. The molecule has 0 atom stereocenters. The van der Waals surface area contributed by atoms with Crippen molar-refractivity contribution in [2.75, 3.05) is 5.32 Å². The van der Waals surface area contributed by atoms with E-state index in [1.165, 1.54) is 12.0 Å². The maximum absolute atomic E-state index is 11.0. The molecule has 1 aliphatic carbocycles. The summed E-state index contributed by atoms with van der Waals surface area (Å²) >= 11 is 0. The number of allylic oxidation sites excluding steroid dienone is 2. The van der Waals surface area contributed by atoms with Crippen molar-refractivity contribution >= 4 is 17.3 Å². The molecule has 0 aromatic heterocycles. The van der Waals surface area contributed by atoms with Crippen LogP contribution in [0.5, 0.6) is 0 Å². The number of primary amides is 1. The van der Waals surface area contributed by atoms with Crippen LogP contribution in [0.25, 0.3) is 5.57 Å². The Morgan fingerprint density at radius 3 is 2.88 bits per heavy atom. The van der Waals surface area contributed by atoms with E-state index in [-0.39, 0.29) is 0 Å². The van der Waals surface area contributed by atoms with E-state index < -0.39 is 6.03 Å². The highest BCUT2D eigenvalue weighted by atomic mass is 16.2. The first-order valence-corrected chi connectivity index (χ1v) is 5.54. The van der Waals surface area contributed by atoms with Gasteiger partial charge in [-0.25, -0.2) is 4.79 Å². The van der Waals surface area contributed by atoms with Gasteiger partial charge in [0, 0.05) is 5.56 Å². The molecule has 1 aromatic carbocycles. The summed E-state index contributed by atoms with van der Waals surface area (Å²) in [5, 5.41) is 2.72. The molecule has 0 unspecified atom stereocenters. The molecule has 0 bridgehead atoms. The second-order valence-electron chi connectivity index (χ2n) is 4.11. The summed E-state index contributed by atoms with van der Waals surface area (Å²) in [7, 11) is 0. The summed E-state index contributed by atoms with van der Waals surface area (Å²) in [6.45, 7) is 1.98. The van der Waals surface area contributed by atoms with Crippen LogP contribution >= 0.6 is 0 Å². The third-order valence-corrected chi connectivity index (χ3v) is 2.91. The van der Waals surface area contributed by atoms with Crippen molar-refractivity contribution in [2.45, 2.75) is 26.2 Å². The molecule has 0 saturated heterocycles. The summed E-state index contributed by atoms with van der Waals surface area (Å²) in [5.74, 6) is 0. The lowest BCUT2D eigenvalue weighted by atomic mass is 10.00. The van der Waals surface area contributed by atoms with Crippen LogP contribution < -0.4 is 11.1 Å². The van der Waals surface area contributed by atoms with Gasteiger partial charge in [0.05, 0.1) is 5.69 Å². The Balaban J connectivity index is 2.43. The summed E-state index contributed by atoms with van der Waals surface area (Å²) in [6, 6.07) is 5.52. The van der Waals surface area contributed by atoms with E-state index in [1.54, 1.807) is 0 Å². The highest BCUT2D eigenvalue weighted by Gasteiger charge is 2.13. The Labute approximate surface area is 95.3 Å². The number of anilines is 1. The molecule has 2 rings (SSSR count). The fourth-order valence-electron chi connectivity index (χ4n) is 2.14. The maximum Gasteiger partial charge on any atom is 0.316 e. The van der Waals surface area contributed by atoms with Crippen molar-refractivity contribution < 1.29 is 4.79 Å². The summed E-state index contributed by atoms with van der Waals surface area (Å²) in [4.78, 5) is 11.0. The average molecular weight is 216 g/mol. The van der Waals surface area contributed by atoms with Crippen LogP contribution in [-0.4, -0.2) is 6.03 Å². The molecule has 1 aliphatic rings. The number of urea groups is 1. The number of para-hydroxylation sites is 1. The largest absolute Gasteiger partial charge is 0.351 e. The molecule has 0 aliphatic heterocycles. The van der Waals surface area contributed by atoms with Crippen LogP contribution in [0.4, 0.5) is 10.5 Å². The van der Waals surface area contributed by atoms with Crippen LogP contribution in [0.2, 0.25) is 0 Å². The minimum atomic E-state index is -0.505. The van der Waals surface area contributed by atoms with Crippen molar-refractivity contribution in [1.29, 1.82) is 0 Å². The summed E-state index contributed by atoms with van der Waals surface area (Å²) in [5.41, 5.74) is 9.51. The van der Waals surface area contributed by atoms with Gasteiger partial charge in [-0.05, 0) is 37.3 Å². The predicted molar refractivity (Wildman–Crippen MR) is 66.2 cm³/mol. The van der Waals surface area contributed by atoms with Crippen molar-refractivity contribution in [2.24, 2.45) is 5.73 Å². The topological polar surface area (TPSA) is 55.1 Å². The van der Waals surface area contributed by atoms with Gasteiger partial charge >= 0.3 is 6.03 Å². The van der Waals surface area contributed by atoms with Crippen molar-refractivity contribution in [1.82, 2.24) is 0 Å². The first-order chi connectivity index (χ1) is 7.68. The Bertz CT molecular complexity index is 449. The number of rotatable bonds is 2. The van der Waals surface area contributed by atoms with Gasteiger partial charge in [0.2, 0.25) is 0 Å². The van der Waals surface area contributed by atoms with Gasteiger partial charge < -0.3 is 11.1 Å². The highest BCUT2D eigenvalue weighted by Crippen LogP contribution is 2.33. The quantitative estimate of drug-likeness (QED) is 0.784. The number of carbonyl (C=O) groups is 1. The van der Waals surface area contributed by atoms with E-state index in [2.05, 4.69) is 11.4 Å². The lowest BCUT2D eigenvalue weighted by Gasteiger charge is -2.13. The maximum atomic E-state index is 11.0. The molecular weight excluding hydrogens is 200 g/mol. The van der Waals surface area contributed by atoms with Gasteiger partial charge in [0.25, 0.3) is 0 Å². The molecule has 16 heavy (non-hydrogen) atoms. The first-order valence-electron chi connectivity index (χ1n) is 5.54. The molecular formula is C13H16N2O. The van der Waals surface area contributed by atoms with Gasteiger partial charge in [-0.15, -0.1) is 0 Å². The second-order valence-corrected chi connectivity index (χ2v) is 4.11. The van der Waals surface area contributed by atoms with Gasteiger partial charge in [-0.3, -0.25) is 0 Å². The highest BCUT2D eigenvalue weighted by molar-refractivity contribution is 5.93. The molecule has 3 N–H and O–H groups in total. The van der Waals surface area contributed by atoms with E-state index in [1.807, 2.05) is 25.1 Å². The normalized spacial score (nSPS) is 14.7. The smallest absolute Gasteiger partial charge is 0.316 e. The molecule has 2 amide bonds. The molecule has 1 aromatic rings. The Hall–Kier alpha value is -1.77. The fraction of sp³-hybridized carbons (Fsp3) is 0.308. The van der Waals surface area contributed by atoms with Crippen LogP contribution in [-0.2, 0) is 0 Å². The number of hydrogen-bond donors (Lipinski definition) is 2. The molecule has 0 fully saturated rings. The minimum absolute atomic E-state index is 0.505. The van der Waals surface area contributed by atoms with E-state index >= 15 is 0 Å². The van der Waals surface area contributed by atoms with Crippen LogP contribution in [0.15, 0.2) is 24.3 Å². The van der Waals surface area contributed by atoms with E-state index in [9.17, 15) is 4.79 Å². The van der Waals surface area contributed by atoms with Crippen molar-refractivity contribution in [3.63, 3.8) is 0 Å². The summed E-state index contributed by atoms with van der Waals surface area (Å²) < 4.78 is 0. The number of aryl methyl sites for hydroxylation is 1. The van der Waals surface area contributed by atoms with Crippen LogP contribution in [0.1, 0.15) is 30.4 Å². The van der Waals surface area contributed by atoms with Crippen LogP contribution in [0, 0.1) is 6.92 Å². The average Bonchev–Trinajstić information content (AvgIpc) is 2.73. The molecule has 0 radical (unpaired) electrons. The monoisotopic (exact) mass is 216 g/mol. The predicted octanol–water partition coefficient (Wildman–Crippen LogP) is 3.05. The van der Waals surface area contributed by atoms with Crippen LogP contribution in [0.3, 0.4) is 0 Å². The molecule has 3 nitrogen and oxygen atoms in total. The number of amides is 2. The van der Waals surface area contributed by atoms with Gasteiger partial charge in [-0.1, -0.05) is 24.3 Å². The summed E-state index contributed by atoms with van der Waals surface area (Å²) in [6.07, 6.45) is 5.64. The SMILES string of the molecule is Cc1cccc(C2=CCCC2)c1NC(N)=O. The molecule has 0 spiro atoms. The number of nitrogens with two attached hydrogens (primary N) is 1. The second kappa shape index (κ2) is 4.39. The van der Waals surface area contributed by atoms with Gasteiger partial charge in [0.1, 0.15) is 0 Å². The lowest BCUT2D eigenvalue weighted by molar-refractivity contribution is 0.259. The molecule has 3 heteroatoms. The fourth-order valence-corrected chi connectivity index (χ4v) is 2.14. The first kappa shape index (κ1) is 10.7. The Morgan fingerprint density at radius 1 is 1.44 bits per heavy atom. The van der Waals surface area contributed by atoms with Gasteiger partial charge in [0.15, 0.2) is 0 Å². The van der Waals surface area contributed by atoms with Crippen molar-refractivity contribution in [3.05, 3.63) is 35.4 Å². The van der Waals surface area contributed by atoms with E-state index in [4.69, 9.17) is 5.73 Å². The molecule has 0 heterocycles. The molecule has 0 saturated carbocycles. The number of nitrogens with one attached hydrogen (secondary N) is 1. The standard InChI is InChI=1S/C13H16N2O/c1-9-5-4-8-11(10-6-2-3-7-10)12(9)15-13(14)16/h4-6,8H,2-3,7H2,1H3,(H3,14,15,16). The number of carbonyl (C=O) groups excluding carboxylic acids is 1. The molecule has 84 valence electrons. The van der Waals surface area contributed by atoms with E-state index in [0.717, 1.165) is 29.7 Å². The number of hydrogen-bond acceptors (Lipinski definition) is 1. The Morgan fingerprint density at radius 2 is 2.25 bits per heavy atom. The minimum Gasteiger partial charge on any atom is -0.351 e. The Kier molecular flexibility index (Phi) is 2.95. The van der Waals surface area contributed by atoms with Crippen molar-refractivity contribution in [3.8, 4) is 0 Å². The van der Waals surface area contributed by atoms with Gasteiger partial charge in [-0.2, -0.15) is 0 Å². The zero-order valence-electron chi connectivity index (χ0n) is 9.42. The zero-order chi connectivity index (χ0) is 11.5. The zero-order valence-corrected chi connectivity index (χ0v) is 9.42. The lowest BCUT2D eigenvalue weighted by Crippen LogP contribution is -2.20. The number of benzene rings is 1. The third kappa shape index (κ3) is 2.08.